The zero-order valence-corrected chi connectivity index (χ0v) is 14.9. The highest BCUT2D eigenvalue weighted by Gasteiger charge is 2.21. The van der Waals surface area contributed by atoms with Crippen molar-refractivity contribution in [3.63, 3.8) is 0 Å². The van der Waals surface area contributed by atoms with Gasteiger partial charge in [0.2, 0.25) is 0 Å². The van der Waals surface area contributed by atoms with Crippen molar-refractivity contribution in [3.8, 4) is 6.07 Å². The molecule has 0 saturated carbocycles. The molecule has 0 aliphatic heterocycles. The molecular weight excluding hydrogens is 310 g/mol. The largest absolute Gasteiger partial charge is 0.360 e. The fourth-order valence-electron chi connectivity index (χ4n) is 2.37. The second kappa shape index (κ2) is 8.70. The molecular formula is C21H23N3O. The van der Waals surface area contributed by atoms with E-state index in [1.165, 1.54) is 6.20 Å². The minimum atomic E-state index is -0.277. The van der Waals surface area contributed by atoms with Gasteiger partial charge in [-0.05, 0) is 38.5 Å². The van der Waals surface area contributed by atoms with Gasteiger partial charge in [-0.15, -0.1) is 0 Å². The van der Waals surface area contributed by atoms with E-state index < -0.39 is 0 Å². The number of aryl methyl sites for hydroxylation is 1. The van der Waals surface area contributed by atoms with Crippen molar-refractivity contribution < 1.29 is 4.79 Å². The van der Waals surface area contributed by atoms with Crippen molar-refractivity contribution in [2.24, 2.45) is 0 Å². The average Bonchev–Trinajstić information content (AvgIpc) is 2.62. The Bertz CT molecular complexity index is 771. The van der Waals surface area contributed by atoms with Crippen LogP contribution in [-0.2, 0) is 11.3 Å². The molecule has 128 valence electrons. The molecule has 0 aromatic heterocycles. The van der Waals surface area contributed by atoms with Crippen LogP contribution in [0.2, 0.25) is 0 Å². The molecule has 4 heteroatoms. The number of amides is 1. The van der Waals surface area contributed by atoms with Crippen LogP contribution in [0.1, 0.15) is 25.0 Å². The highest BCUT2D eigenvalue weighted by Crippen LogP contribution is 2.14. The summed E-state index contributed by atoms with van der Waals surface area (Å²) in [5.74, 6) is -0.277. The van der Waals surface area contributed by atoms with E-state index in [4.69, 9.17) is 0 Å². The number of nitrogens with zero attached hydrogens (tertiary/aromatic N) is 2. The van der Waals surface area contributed by atoms with Gasteiger partial charge in [-0.25, -0.2) is 0 Å². The van der Waals surface area contributed by atoms with Crippen LogP contribution in [0.5, 0.6) is 0 Å². The molecule has 0 aliphatic carbocycles. The highest BCUT2D eigenvalue weighted by molar-refractivity contribution is 5.97. The normalized spacial score (nSPS) is 11.1. The highest BCUT2D eigenvalue weighted by atomic mass is 16.2. The first-order valence-electron chi connectivity index (χ1n) is 8.29. The monoisotopic (exact) mass is 333 g/mol. The van der Waals surface area contributed by atoms with E-state index in [0.717, 1.165) is 16.8 Å². The number of carbonyl (C=O) groups is 1. The Balaban J connectivity index is 2.15. The molecule has 0 atom stereocenters. The van der Waals surface area contributed by atoms with Crippen molar-refractivity contribution in [2.75, 3.05) is 5.32 Å². The molecule has 2 aromatic rings. The maximum Gasteiger partial charge on any atom is 0.266 e. The molecule has 0 aliphatic rings. The number of nitrogens with one attached hydrogen (secondary N) is 1. The summed E-state index contributed by atoms with van der Waals surface area (Å²) in [5.41, 5.74) is 3.11. The molecule has 0 radical (unpaired) electrons. The lowest BCUT2D eigenvalue weighted by atomic mass is 10.1. The van der Waals surface area contributed by atoms with Crippen molar-refractivity contribution in [1.29, 1.82) is 5.26 Å². The fraction of sp³-hybridized carbons (Fsp3) is 0.238. The molecule has 1 N–H and O–H groups in total. The second-order valence-electron chi connectivity index (χ2n) is 6.19. The van der Waals surface area contributed by atoms with Gasteiger partial charge in [0.1, 0.15) is 11.6 Å². The predicted octanol–water partition coefficient (Wildman–Crippen LogP) is 4.25. The minimum absolute atomic E-state index is 0.0103. The third kappa shape index (κ3) is 5.22. The summed E-state index contributed by atoms with van der Waals surface area (Å²) in [5, 5.41) is 12.4. The van der Waals surface area contributed by atoms with Gasteiger partial charge < -0.3 is 10.2 Å². The van der Waals surface area contributed by atoms with Crippen molar-refractivity contribution in [3.05, 3.63) is 77.5 Å². The summed E-state index contributed by atoms with van der Waals surface area (Å²) in [6, 6.07) is 19.5. The molecule has 0 bridgehead atoms. The minimum Gasteiger partial charge on any atom is -0.360 e. The molecule has 0 unspecified atom stereocenters. The Morgan fingerprint density at radius 1 is 1.16 bits per heavy atom. The molecule has 1 amide bonds. The molecule has 25 heavy (non-hydrogen) atoms. The van der Waals surface area contributed by atoms with Crippen LogP contribution in [-0.4, -0.2) is 16.8 Å². The maximum absolute atomic E-state index is 12.8. The molecule has 0 spiro atoms. The van der Waals surface area contributed by atoms with E-state index in [1.807, 2.05) is 81.4 Å². The van der Waals surface area contributed by atoms with Crippen molar-refractivity contribution in [1.82, 2.24) is 4.90 Å². The summed E-state index contributed by atoms with van der Waals surface area (Å²) >= 11 is 0. The van der Waals surface area contributed by atoms with Gasteiger partial charge >= 0.3 is 0 Å². The van der Waals surface area contributed by atoms with Gasteiger partial charge in [-0.1, -0.05) is 48.0 Å². The lowest BCUT2D eigenvalue weighted by Crippen LogP contribution is -2.37. The summed E-state index contributed by atoms with van der Waals surface area (Å²) < 4.78 is 0. The first-order valence-corrected chi connectivity index (χ1v) is 8.29. The van der Waals surface area contributed by atoms with E-state index >= 15 is 0 Å². The van der Waals surface area contributed by atoms with Crippen LogP contribution in [0.15, 0.2) is 66.4 Å². The van der Waals surface area contributed by atoms with Crippen molar-refractivity contribution in [2.45, 2.75) is 33.4 Å². The molecule has 2 rings (SSSR count). The van der Waals surface area contributed by atoms with Gasteiger partial charge in [0.05, 0.1) is 0 Å². The van der Waals surface area contributed by atoms with E-state index in [1.54, 1.807) is 4.90 Å². The van der Waals surface area contributed by atoms with Crippen LogP contribution in [0.3, 0.4) is 0 Å². The van der Waals surface area contributed by atoms with Gasteiger partial charge in [0.15, 0.2) is 0 Å². The molecule has 0 saturated heterocycles. The van der Waals surface area contributed by atoms with Gasteiger partial charge in [0, 0.05) is 24.5 Å². The van der Waals surface area contributed by atoms with E-state index in [-0.39, 0.29) is 17.5 Å². The summed E-state index contributed by atoms with van der Waals surface area (Å²) in [6.07, 6.45) is 1.48. The van der Waals surface area contributed by atoms with Gasteiger partial charge in [0.25, 0.3) is 5.91 Å². The molecule has 0 heterocycles. The van der Waals surface area contributed by atoms with Crippen LogP contribution in [0.4, 0.5) is 5.69 Å². The predicted molar refractivity (Wildman–Crippen MR) is 101 cm³/mol. The standard InChI is InChI=1S/C21H23N3O/c1-16(2)24(15-18-7-5-4-6-8-18)21(25)19(13-22)14-23-20-11-9-17(3)10-12-20/h4-12,14,16,23H,15H2,1-3H3/b19-14-. The number of carbonyl (C=O) groups excluding carboxylic acids is 1. The van der Waals surface area contributed by atoms with Crippen LogP contribution in [0, 0.1) is 18.3 Å². The first-order chi connectivity index (χ1) is 12.0. The third-order valence-corrected chi connectivity index (χ3v) is 3.87. The summed E-state index contributed by atoms with van der Waals surface area (Å²) in [7, 11) is 0. The fourth-order valence-corrected chi connectivity index (χ4v) is 2.37. The van der Waals surface area contributed by atoms with Crippen LogP contribution >= 0.6 is 0 Å². The second-order valence-corrected chi connectivity index (χ2v) is 6.19. The zero-order chi connectivity index (χ0) is 18.2. The zero-order valence-electron chi connectivity index (χ0n) is 14.9. The Morgan fingerprint density at radius 3 is 2.36 bits per heavy atom. The number of nitriles is 1. The topological polar surface area (TPSA) is 56.1 Å². The van der Waals surface area contributed by atoms with Crippen molar-refractivity contribution >= 4 is 11.6 Å². The number of anilines is 1. The Morgan fingerprint density at radius 2 is 1.80 bits per heavy atom. The lowest BCUT2D eigenvalue weighted by molar-refractivity contribution is -0.129. The molecule has 0 fully saturated rings. The quantitative estimate of drug-likeness (QED) is 0.635. The SMILES string of the molecule is Cc1ccc(N/C=C(/C#N)C(=O)N(Cc2ccccc2)C(C)C)cc1. The third-order valence-electron chi connectivity index (χ3n) is 3.87. The lowest BCUT2D eigenvalue weighted by Gasteiger charge is -2.26. The number of hydrogen-bond acceptors (Lipinski definition) is 3. The van der Waals surface area contributed by atoms with Crippen LogP contribution in [0.25, 0.3) is 0 Å². The Hall–Kier alpha value is -3.06. The Kier molecular flexibility index (Phi) is 6.36. The molecule has 2 aromatic carbocycles. The smallest absolute Gasteiger partial charge is 0.266 e. The van der Waals surface area contributed by atoms with E-state index in [2.05, 4.69) is 5.32 Å². The van der Waals surface area contributed by atoms with E-state index in [9.17, 15) is 10.1 Å². The summed E-state index contributed by atoms with van der Waals surface area (Å²) in [4.78, 5) is 14.5. The number of hydrogen-bond donors (Lipinski definition) is 1. The van der Waals surface area contributed by atoms with Gasteiger partial charge in [-0.3, -0.25) is 4.79 Å². The summed E-state index contributed by atoms with van der Waals surface area (Å²) in [6.45, 7) is 6.38. The van der Waals surface area contributed by atoms with E-state index in [0.29, 0.717) is 6.54 Å². The molecule has 4 nitrogen and oxygen atoms in total. The first kappa shape index (κ1) is 18.3. The average molecular weight is 333 g/mol. The van der Waals surface area contributed by atoms with Crippen LogP contribution < -0.4 is 5.32 Å². The number of rotatable bonds is 6. The van der Waals surface area contributed by atoms with Gasteiger partial charge in [-0.2, -0.15) is 5.26 Å². The Labute approximate surface area is 149 Å². The number of benzene rings is 2. The maximum atomic E-state index is 12.8.